The summed E-state index contributed by atoms with van der Waals surface area (Å²) in [5, 5.41) is 0. The largest absolute Gasteiger partial charge is 0.257 e. The number of rotatable bonds is 19. The van der Waals surface area contributed by atoms with Gasteiger partial charge in [-0.15, -0.1) is 0 Å². The fourth-order valence-corrected chi connectivity index (χ4v) is 4.49. The maximum atomic E-state index is 3.59. The molecule has 0 bridgehead atoms. The third-order valence-corrected chi connectivity index (χ3v) is 6.48. The highest BCUT2D eigenvalue weighted by Gasteiger charge is 2.24. The molecule has 0 aliphatic rings. The van der Waals surface area contributed by atoms with Crippen LogP contribution in [0.4, 0.5) is 0 Å². The van der Waals surface area contributed by atoms with Gasteiger partial charge in [-0.1, -0.05) is 104 Å². The monoisotopic (exact) mass is 391 g/mol. The topological polar surface area (TPSA) is 19.7 Å². The number of nitrogens with one attached hydrogen (secondary N) is 1. The molecule has 0 fully saturated rings. The summed E-state index contributed by atoms with van der Waals surface area (Å²) in [6.45, 7) is 9.36. The molecule has 1 N–H and O–H groups in total. The molecule has 0 saturated carbocycles. The van der Waals surface area contributed by atoms with Crippen LogP contribution >= 0.6 is 0 Å². The average molecular weight is 392 g/mol. The summed E-state index contributed by atoms with van der Waals surface area (Å²) in [6, 6.07) is 0.625. The smallest absolute Gasteiger partial charge is 0.247 e. The number of hydrogen-bond acceptors (Lipinski definition) is 0. The van der Waals surface area contributed by atoms with Crippen molar-refractivity contribution < 1.29 is 4.57 Å². The van der Waals surface area contributed by atoms with E-state index in [9.17, 15) is 0 Å². The molecule has 1 heterocycles. The van der Waals surface area contributed by atoms with Crippen LogP contribution in [0.3, 0.4) is 0 Å². The molecule has 1 aromatic rings. The van der Waals surface area contributed by atoms with E-state index < -0.39 is 0 Å². The van der Waals surface area contributed by atoms with Crippen LogP contribution in [0.15, 0.2) is 12.4 Å². The first kappa shape index (κ1) is 25.2. The van der Waals surface area contributed by atoms with E-state index in [-0.39, 0.29) is 0 Å². The van der Waals surface area contributed by atoms with Crippen LogP contribution in [0.2, 0.25) is 0 Å². The molecular weight excluding hydrogens is 340 g/mol. The van der Waals surface area contributed by atoms with E-state index in [1.807, 2.05) is 0 Å². The summed E-state index contributed by atoms with van der Waals surface area (Å²) in [4.78, 5) is 3.59. The molecule has 0 spiro atoms. The van der Waals surface area contributed by atoms with Gasteiger partial charge in [-0.05, 0) is 32.6 Å². The number of aromatic amines is 1. The van der Waals surface area contributed by atoms with Gasteiger partial charge in [0.15, 0.2) is 0 Å². The van der Waals surface area contributed by atoms with Gasteiger partial charge in [0.05, 0.1) is 12.0 Å². The summed E-state index contributed by atoms with van der Waals surface area (Å²) in [5.41, 5.74) is 0. The van der Waals surface area contributed by atoms with Gasteiger partial charge in [-0.2, -0.15) is 0 Å². The number of aromatic nitrogens is 2. The number of nitrogens with zero attached hydrogens (tertiary/aromatic N) is 1. The second-order valence-electron chi connectivity index (χ2n) is 9.03. The Kier molecular flexibility index (Phi) is 15.4. The van der Waals surface area contributed by atoms with Crippen molar-refractivity contribution in [1.82, 2.24) is 4.98 Å². The quantitative estimate of drug-likeness (QED) is 0.180. The number of hydrogen-bond donors (Lipinski definition) is 1. The summed E-state index contributed by atoms with van der Waals surface area (Å²) >= 11 is 0. The Labute approximate surface area is 176 Å². The molecule has 1 rings (SSSR count). The molecule has 0 radical (unpaired) electrons. The lowest BCUT2D eigenvalue weighted by Crippen LogP contribution is -2.41. The third kappa shape index (κ3) is 10.7. The minimum absolute atomic E-state index is 0.625. The molecule has 2 nitrogen and oxygen atoms in total. The van der Waals surface area contributed by atoms with Crippen LogP contribution in [0.1, 0.15) is 155 Å². The minimum atomic E-state index is 0.625. The van der Waals surface area contributed by atoms with Gasteiger partial charge < -0.3 is 0 Å². The Morgan fingerprint density at radius 1 is 0.714 bits per heavy atom. The number of H-pyrrole nitrogens is 1. The van der Waals surface area contributed by atoms with Gasteiger partial charge >= 0.3 is 0 Å². The molecule has 0 saturated heterocycles. The normalized spacial score (nSPS) is 13.7. The molecule has 0 amide bonds. The van der Waals surface area contributed by atoms with Crippen molar-refractivity contribution in [1.29, 1.82) is 0 Å². The van der Waals surface area contributed by atoms with Crippen LogP contribution < -0.4 is 4.57 Å². The van der Waals surface area contributed by atoms with Crippen molar-refractivity contribution in [3.8, 4) is 0 Å². The highest BCUT2D eigenvalue weighted by molar-refractivity contribution is 4.89. The molecule has 0 aliphatic carbocycles. The lowest BCUT2D eigenvalue weighted by atomic mass is 9.96. The van der Waals surface area contributed by atoms with E-state index in [2.05, 4.69) is 49.6 Å². The average Bonchev–Trinajstić information content (AvgIpc) is 3.19. The number of unbranched alkanes of at least 4 members (excludes halogenated alkanes) is 12. The molecule has 2 atom stereocenters. The summed E-state index contributed by atoms with van der Waals surface area (Å²) in [6.07, 6.45) is 28.0. The van der Waals surface area contributed by atoms with E-state index in [0.717, 1.165) is 0 Å². The molecular formula is C26H51N2+. The first-order valence-electron chi connectivity index (χ1n) is 12.8. The third-order valence-electron chi connectivity index (χ3n) is 6.48. The molecule has 164 valence electrons. The second-order valence-corrected chi connectivity index (χ2v) is 9.03. The van der Waals surface area contributed by atoms with E-state index in [1.165, 1.54) is 115 Å². The van der Waals surface area contributed by atoms with Crippen LogP contribution in [0.25, 0.3) is 0 Å². The first-order chi connectivity index (χ1) is 13.7. The Hall–Kier alpha value is -0.790. The van der Waals surface area contributed by atoms with Crippen molar-refractivity contribution in [3.63, 3.8) is 0 Å². The standard InChI is InChI=1S/C26H50N2/c1-5-8-10-12-13-14-15-17-18-20-24(4)28-23-22-27-26(28)25(7-3)21-19-16-11-9-6-2/h22-25H,5-21H2,1-4H3/p+1. The summed E-state index contributed by atoms with van der Waals surface area (Å²) in [7, 11) is 0. The molecule has 0 aliphatic heterocycles. The van der Waals surface area contributed by atoms with Crippen LogP contribution in [0, 0.1) is 0 Å². The molecule has 0 aromatic carbocycles. The second kappa shape index (κ2) is 17.1. The Bertz CT molecular complexity index is 451. The maximum Gasteiger partial charge on any atom is 0.257 e. The number of imidazole rings is 1. The molecule has 1 aromatic heterocycles. The lowest BCUT2D eigenvalue weighted by molar-refractivity contribution is -0.727. The highest BCUT2D eigenvalue weighted by Crippen LogP contribution is 2.24. The van der Waals surface area contributed by atoms with Crippen LogP contribution in [-0.2, 0) is 0 Å². The van der Waals surface area contributed by atoms with Gasteiger partial charge in [0.1, 0.15) is 12.4 Å². The first-order valence-corrected chi connectivity index (χ1v) is 12.8. The SMILES string of the molecule is CCCCCCCCCCCC(C)[n+]1cc[nH]c1C(CC)CCCCCCC. The predicted molar refractivity (Wildman–Crippen MR) is 124 cm³/mol. The summed E-state index contributed by atoms with van der Waals surface area (Å²) < 4.78 is 2.55. The zero-order valence-electron chi connectivity index (χ0n) is 19.8. The lowest BCUT2D eigenvalue weighted by Gasteiger charge is -2.16. The van der Waals surface area contributed by atoms with Gasteiger partial charge in [0.25, 0.3) is 5.82 Å². The van der Waals surface area contributed by atoms with Crippen molar-refractivity contribution >= 4 is 0 Å². The Morgan fingerprint density at radius 2 is 1.21 bits per heavy atom. The summed E-state index contributed by atoms with van der Waals surface area (Å²) in [5.74, 6) is 2.17. The van der Waals surface area contributed by atoms with Gasteiger partial charge in [0, 0.05) is 0 Å². The van der Waals surface area contributed by atoms with Gasteiger partial charge in [-0.3, -0.25) is 0 Å². The van der Waals surface area contributed by atoms with E-state index in [4.69, 9.17) is 0 Å². The Balaban J connectivity index is 2.28. The maximum absolute atomic E-state index is 3.59. The molecule has 28 heavy (non-hydrogen) atoms. The van der Waals surface area contributed by atoms with Gasteiger partial charge in [-0.25, -0.2) is 9.55 Å². The van der Waals surface area contributed by atoms with Crippen molar-refractivity contribution in [2.24, 2.45) is 0 Å². The Morgan fingerprint density at radius 3 is 1.75 bits per heavy atom. The van der Waals surface area contributed by atoms with Crippen LogP contribution in [-0.4, -0.2) is 4.98 Å². The minimum Gasteiger partial charge on any atom is -0.247 e. The van der Waals surface area contributed by atoms with Crippen molar-refractivity contribution in [2.45, 2.75) is 149 Å². The van der Waals surface area contributed by atoms with Crippen molar-refractivity contribution in [3.05, 3.63) is 18.2 Å². The molecule has 2 heteroatoms. The van der Waals surface area contributed by atoms with Crippen LogP contribution in [0.5, 0.6) is 0 Å². The zero-order chi connectivity index (χ0) is 20.5. The molecule has 2 unspecified atom stereocenters. The fraction of sp³-hybridized carbons (Fsp3) is 0.885. The predicted octanol–water partition coefficient (Wildman–Crippen LogP) is 8.64. The van der Waals surface area contributed by atoms with Crippen molar-refractivity contribution in [2.75, 3.05) is 0 Å². The zero-order valence-corrected chi connectivity index (χ0v) is 19.8. The fourth-order valence-electron chi connectivity index (χ4n) is 4.49. The van der Waals surface area contributed by atoms with Gasteiger partial charge in [0.2, 0.25) is 0 Å². The van der Waals surface area contributed by atoms with E-state index >= 15 is 0 Å². The van der Waals surface area contributed by atoms with E-state index in [0.29, 0.717) is 12.0 Å². The van der Waals surface area contributed by atoms with E-state index in [1.54, 1.807) is 0 Å². The highest BCUT2D eigenvalue weighted by atomic mass is 15.1.